The molecule has 0 atom stereocenters. The molecule has 0 saturated carbocycles. The highest BCUT2D eigenvalue weighted by molar-refractivity contribution is 9.10. The number of hydrogen-bond donors (Lipinski definition) is 0. The Hall–Kier alpha value is -0.0700. The van der Waals surface area contributed by atoms with Crippen molar-refractivity contribution in [1.82, 2.24) is 4.90 Å². The standard InChI is InChI=1S/C10H13BrF3NS/c1-7(2)15(6-10(12,13)14)4-9-3-8(11)5-16-9/h3,5,7H,4,6H2,1-2H3. The largest absolute Gasteiger partial charge is 0.401 e. The quantitative estimate of drug-likeness (QED) is 0.801. The third kappa shape index (κ3) is 4.84. The first-order valence-corrected chi connectivity index (χ1v) is 6.49. The van der Waals surface area contributed by atoms with E-state index in [4.69, 9.17) is 0 Å². The zero-order valence-electron chi connectivity index (χ0n) is 9.01. The van der Waals surface area contributed by atoms with Gasteiger partial charge in [0.25, 0.3) is 0 Å². The zero-order valence-corrected chi connectivity index (χ0v) is 11.4. The molecule has 0 amide bonds. The summed E-state index contributed by atoms with van der Waals surface area (Å²) in [6, 6.07) is 1.73. The number of hydrogen-bond acceptors (Lipinski definition) is 2. The fourth-order valence-corrected chi connectivity index (χ4v) is 2.76. The maximum Gasteiger partial charge on any atom is 0.401 e. The fraction of sp³-hybridized carbons (Fsp3) is 0.600. The number of nitrogens with zero attached hydrogens (tertiary/aromatic N) is 1. The van der Waals surface area contributed by atoms with Gasteiger partial charge in [0.1, 0.15) is 0 Å². The van der Waals surface area contributed by atoms with E-state index in [1.165, 1.54) is 16.2 Å². The number of rotatable bonds is 4. The van der Waals surface area contributed by atoms with Crippen molar-refractivity contribution in [2.75, 3.05) is 6.54 Å². The first-order chi connectivity index (χ1) is 7.28. The second kappa shape index (κ2) is 5.51. The van der Waals surface area contributed by atoms with Crippen LogP contribution in [0.4, 0.5) is 13.2 Å². The Morgan fingerprint density at radius 1 is 1.44 bits per heavy atom. The second-order valence-electron chi connectivity index (χ2n) is 3.85. The van der Waals surface area contributed by atoms with Gasteiger partial charge in [-0.2, -0.15) is 13.2 Å². The fourth-order valence-electron chi connectivity index (χ4n) is 1.29. The third-order valence-electron chi connectivity index (χ3n) is 2.09. The lowest BCUT2D eigenvalue weighted by Crippen LogP contribution is -2.38. The SMILES string of the molecule is CC(C)N(Cc1cc(Br)cs1)CC(F)(F)F. The highest BCUT2D eigenvalue weighted by atomic mass is 79.9. The third-order valence-corrected chi connectivity index (χ3v) is 3.78. The van der Waals surface area contributed by atoms with Crippen LogP contribution >= 0.6 is 27.3 Å². The van der Waals surface area contributed by atoms with E-state index in [2.05, 4.69) is 15.9 Å². The molecule has 0 saturated heterocycles. The summed E-state index contributed by atoms with van der Waals surface area (Å²) in [5, 5.41) is 1.88. The van der Waals surface area contributed by atoms with Crippen molar-refractivity contribution in [3.63, 3.8) is 0 Å². The Labute approximate surface area is 105 Å². The summed E-state index contributed by atoms with van der Waals surface area (Å²) in [6.45, 7) is 3.02. The van der Waals surface area contributed by atoms with Crippen LogP contribution in [0.5, 0.6) is 0 Å². The van der Waals surface area contributed by atoms with E-state index < -0.39 is 12.7 Å². The Balaban J connectivity index is 2.65. The Bertz CT molecular complexity index is 335. The van der Waals surface area contributed by atoms with Crippen LogP contribution in [-0.2, 0) is 6.54 Å². The molecule has 0 aromatic carbocycles. The minimum atomic E-state index is -4.14. The van der Waals surface area contributed by atoms with Crippen LogP contribution in [0.25, 0.3) is 0 Å². The van der Waals surface area contributed by atoms with Crippen molar-refractivity contribution in [3.05, 3.63) is 20.8 Å². The van der Waals surface area contributed by atoms with Crippen LogP contribution in [0.1, 0.15) is 18.7 Å². The molecule has 1 aromatic heterocycles. The normalized spacial score (nSPS) is 12.8. The van der Waals surface area contributed by atoms with E-state index in [0.29, 0.717) is 6.54 Å². The highest BCUT2D eigenvalue weighted by Crippen LogP contribution is 2.24. The van der Waals surface area contributed by atoms with Gasteiger partial charge in [-0.3, -0.25) is 4.90 Å². The van der Waals surface area contributed by atoms with Gasteiger partial charge >= 0.3 is 6.18 Å². The summed E-state index contributed by atoms with van der Waals surface area (Å²) in [7, 11) is 0. The molecule has 0 aliphatic rings. The topological polar surface area (TPSA) is 3.24 Å². The second-order valence-corrected chi connectivity index (χ2v) is 5.76. The number of thiophene rings is 1. The van der Waals surface area contributed by atoms with E-state index in [-0.39, 0.29) is 6.04 Å². The molecule has 1 nitrogen and oxygen atoms in total. The van der Waals surface area contributed by atoms with Crippen molar-refractivity contribution in [2.45, 2.75) is 32.6 Å². The van der Waals surface area contributed by atoms with Crippen LogP contribution in [-0.4, -0.2) is 23.7 Å². The van der Waals surface area contributed by atoms with E-state index in [1.807, 2.05) is 11.4 Å². The molecular weight excluding hydrogens is 303 g/mol. The molecule has 6 heteroatoms. The first kappa shape index (κ1) is 14.0. The lowest BCUT2D eigenvalue weighted by molar-refractivity contribution is -0.150. The molecule has 16 heavy (non-hydrogen) atoms. The van der Waals surface area contributed by atoms with Gasteiger partial charge in [-0.25, -0.2) is 0 Å². The zero-order chi connectivity index (χ0) is 12.3. The molecule has 0 fully saturated rings. The predicted octanol–water partition coefficient (Wildman–Crippen LogP) is 4.28. The van der Waals surface area contributed by atoms with Gasteiger partial charge in [0.05, 0.1) is 6.54 Å². The summed E-state index contributed by atoms with van der Waals surface area (Å²) in [4.78, 5) is 2.35. The van der Waals surface area contributed by atoms with Gasteiger partial charge in [0, 0.05) is 27.3 Å². The molecule has 0 unspecified atom stereocenters. The molecule has 0 spiro atoms. The van der Waals surface area contributed by atoms with E-state index in [9.17, 15) is 13.2 Å². The molecule has 0 bridgehead atoms. The monoisotopic (exact) mass is 315 g/mol. The number of halogens is 4. The van der Waals surface area contributed by atoms with Crippen LogP contribution < -0.4 is 0 Å². The molecule has 92 valence electrons. The smallest absolute Gasteiger partial charge is 0.287 e. The van der Waals surface area contributed by atoms with Crippen molar-refractivity contribution in [2.24, 2.45) is 0 Å². The summed E-state index contributed by atoms with van der Waals surface area (Å²) in [5.41, 5.74) is 0. The minimum absolute atomic E-state index is 0.123. The predicted molar refractivity (Wildman–Crippen MR) is 63.6 cm³/mol. The van der Waals surface area contributed by atoms with Gasteiger partial charge in [-0.15, -0.1) is 11.3 Å². The van der Waals surface area contributed by atoms with Crippen molar-refractivity contribution < 1.29 is 13.2 Å². The van der Waals surface area contributed by atoms with E-state index in [1.54, 1.807) is 13.8 Å². The lowest BCUT2D eigenvalue weighted by Gasteiger charge is -2.26. The Kier molecular flexibility index (Phi) is 4.82. The molecule has 0 N–H and O–H groups in total. The van der Waals surface area contributed by atoms with Gasteiger partial charge in [-0.1, -0.05) is 0 Å². The van der Waals surface area contributed by atoms with Gasteiger partial charge in [0.2, 0.25) is 0 Å². The van der Waals surface area contributed by atoms with Crippen molar-refractivity contribution in [3.8, 4) is 0 Å². The first-order valence-electron chi connectivity index (χ1n) is 4.81. The maximum absolute atomic E-state index is 12.3. The molecular formula is C10H13BrF3NS. The lowest BCUT2D eigenvalue weighted by atomic mass is 10.3. The summed E-state index contributed by atoms with van der Waals surface area (Å²) < 4.78 is 37.9. The maximum atomic E-state index is 12.3. The van der Waals surface area contributed by atoms with Gasteiger partial charge in [0.15, 0.2) is 0 Å². The van der Waals surface area contributed by atoms with E-state index in [0.717, 1.165) is 9.35 Å². The average molecular weight is 316 g/mol. The molecule has 1 aromatic rings. The highest BCUT2D eigenvalue weighted by Gasteiger charge is 2.31. The molecule has 0 aliphatic carbocycles. The summed E-state index contributed by atoms with van der Waals surface area (Å²) in [6.07, 6.45) is -4.14. The van der Waals surface area contributed by atoms with E-state index >= 15 is 0 Å². The minimum Gasteiger partial charge on any atom is -0.287 e. The Morgan fingerprint density at radius 2 is 2.06 bits per heavy atom. The summed E-state index contributed by atoms with van der Waals surface area (Å²) >= 11 is 4.76. The van der Waals surface area contributed by atoms with Crippen molar-refractivity contribution in [1.29, 1.82) is 0 Å². The number of alkyl halides is 3. The Morgan fingerprint density at radius 3 is 2.44 bits per heavy atom. The van der Waals surface area contributed by atoms with Crippen LogP contribution in [0.2, 0.25) is 0 Å². The van der Waals surface area contributed by atoms with Crippen molar-refractivity contribution >= 4 is 27.3 Å². The van der Waals surface area contributed by atoms with Crippen LogP contribution in [0, 0.1) is 0 Å². The van der Waals surface area contributed by atoms with Gasteiger partial charge < -0.3 is 0 Å². The molecule has 0 radical (unpaired) electrons. The van der Waals surface area contributed by atoms with Crippen LogP contribution in [0.15, 0.2) is 15.9 Å². The average Bonchev–Trinajstić information content (AvgIpc) is 2.47. The van der Waals surface area contributed by atoms with Crippen LogP contribution in [0.3, 0.4) is 0 Å². The van der Waals surface area contributed by atoms with Gasteiger partial charge in [-0.05, 0) is 35.8 Å². The molecule has 1 heterocycles. The summed E-state index contributed by atoms with van der Waals surface area (Å²) in [5.74, 6) is 0. The molecule has 0 aliphatic heterocycles. The molecule has 1 rings (SSSR count).